The van der Waals surface area contributed by atoms with Crippen molar-refractivity contribution in [1.82, 2.24) is 5.32 Å². The fraction of sp³-hybridized carbons (Fsp3) is 0.600. The Balaban J connectivity index is 1.86. The van der Waals surface area contributed by atoms with E-state index in [0.29, 0.717) is 12.0 Å². The monoisotopic (exact) mass is 233 g/mol. The summed E-state index contributed by atoms with van der Waals surface area (Å²) in [6.45, 7) is 9.40. The third kappa shape index (κ3) is 3.30. The molecule has 2 atom stereocenters. The molecule has 1 saturated heterocycles. The first kappa shape index (κ1) is 12.6. The number of benzene rings is 1. The Morgan fingerprint density at radius 1 is 1.35 bits per heavy atom. The molecule has 17 heavy (non-hydrogen) atoms. The normalized spacial score (nSPS) is 21.7. The third-order valence-corrected chi connectivity index (χ3v) is 3.87. The van der Waals surface area contributed by atoms with E-state index in [2.05, 4.69) is 44.3 Å². The molecule has 0 aliphatic carbocycles. The highest BCUT2D eigenvalue weighted by Crippen LogP contribution is 2.17. The molecule has 1 aromatic carbocycles. The van der Waals surface area contributed by atoms with Gasteiger partial charge in [0.25, 0.3) is 0 Å². The van der Waals surface area contributed by atoms with E-state index in [1.807, 2.05) is 0 Å². The van der Waals surface area contributed by atoms with Crippen molar-refractivity contribution < 1.29 is 4.74 Å². The van der Waals surface area contributed by atoms with Crippen LogP contribution in [0.2, 0.25) is 0 Å². The van der Waals surface area contributed by atoms with Gasteiger partial charge in [-0.05, 0) is 49.8 Å². The summed E-state index contributed by atoms with van der Waals surface area (Å²) in [5, 5.41) is 3.61. The smallest absolute Gasteiger partial charge is 0.0509 e. The Kier molecular flexibility index (Phi) is 4.19. The van der Waals surface area contributed by atoms with Gasteiger partial charge < -0.3 is 10.1 Å². The average molecular weight is 233 g/mol. The molecule has 94 valence electrons. The minimum atomic E-state index is 0.541. The van der Waals surface area contributed by atoms with E-state index >= 15 is 0 Å². The van der Waals surface area contributed by atoms with Crippen LogP contribution in [0.1, 0.15) is 30.0 Å². The van der Waals surface area contributed by atoms with Gasteiger partial charge in [-0.3, -0.25) is 0 Å². The molecule has 0 bridgehead atoms. The predicted molar refractivity (Wildman–Crippen MR) is 71.1 cm³/mol. The van der Waals surface area contributed by atoms with Crippen molar-refractivity contribution in [2.45, 2.75) is 39.8 Å². The van der Waals surface area contributed by atoms with Crippen molar-refractivity contribution in [2.75, 3.05) is 13.2 Å². The lowest BCUT2D eigenvalue weighted by molar-refractivity contribution is 0.178. The summed E-state index contributed by atoms with van der Waals surface area (Å²) >= 11 is 0. The molecule has 1 aromatic rings. The molecule has 1 fully saturated rings. The van der Waals surface area contributed by atoms with Crippen LogP contribution in [-0.2, 0) is 11.3 Å². The third-order valence-electron chi connectivity index (χ3n) is 3.87. The molecule has 1 aliphatic heterocycles. The number of aryl methyl sites for hydroxylation is 2. The largest absolute Gasteiger partial charge is 0.381 e. The Morgan fingerprint density at radius 3 is 2.82 bits per heavy atom. The van der Waals surface area contributed by atoms with Gasteiger partial charge in [0.15, 0.2) is 0 Å². The Bertz CT molecular complexity index is 369. The van der Waals surface area contributed by atoms with Crippen LogP contribution in [0.25, 0.3) is 0 Å². The number of ether oxygens (including phenoxy) is 1. The lowest BCUT2D eigenvalue weighted by atomic mass is 10.00. The molecule has 2 unspecified atom stereocenters. The van der Waals surface area contributed by atoms with Crippen molar-refractivity contribution in [1.29, 1.82) is 0 Å². The summed E-state index contributed by atoms with van der Waals surface area (Å²) in [5.41, 5.74) is 4.12. The molecule has 2 nitrogen and oxygen atoms in total. The van der Waals surface area contributed by atoms with Crippen molar-refractivity contribution in [3.63, 3.8) is 0 Å². The van der Waals surface area contributed by atoms with E-state index in [-0.39, 0.29) is 0 Å². The van der Waals surface area contributed by atoms with Gasteiger partial charge in [0.1, 0.15) is 0 Å². The van der Waals surface area contributed by atoms with Crippen molar-refractivity contribution in [2.24, 2.45) is 5.92 Å². The van der Waals surface area contributed by atoms with Crippen molar-refractivity contribution in [3.8, 4) is 0 Å². The second kappa shape index (κ2) is 5.65. The first-order chi connectivity index (χ1) is 8.16. The molecule has 1 aliphatic rings. The summed E-state index contributed by atoms with van der Waals surface area (Å²) < 4.78 is 5.43. The van der Waals surface area contributed by atoms with E-state index in [4.69, 9.17) is 4.74 Å². The van der Waals surface area contributed by atoms with E-state index in [1.165, 1.54) is 23.1 Å². The van der Waals surface area contributed by atoms with Crippen LogP contribution in [0.15, 0.2) is 18.2 Å². The maximum Gasteiger partial charge on any atom is 0.0509 e. The van der Waals surface area contributed by atoms with Gasteiger partial charge in [-0.25, -0.2) is 0 Å². The predicted octanol–water partition coefficient (Wildman–Crippen LogP) is 2.82. The average Bonchev–Trinajstić information content (AvgIpc) is 2.84. The molecule has 0 saturated carbocycles. The Hall–Kier alpha value is -0.860. The van der Waals surface area contributed by atoms with E-state index in [9.17, 15) is 0 Å². The first-order valence-corrected chi connectivity index (χ1v) is 6.54. The molecule has 1 heterocycles. The SMILES string of the molecule is Cc1ccc(CNC(C)C2CCOC2)cc1C. The number of hydrogen-bond donors (Lipinski definition) is 1. The summed E-state index contributed by atoms with van der Waals surface area (Å²) in [6.07, 6.45) is 1.20. The zero-order chi connectivity index (χ0) is 12.3. The zero-order valence-corrected chi connectivity index (χ0v) is 11.1. The highest BCUT2D eigenvalue weighted by atomic mass is 16.5. The number of rotatable bonds is 4. The molecular weight excluding hydrogens is 210 g/mol. The van der Waals surface area contributed by atoms with Gasteiger partial charge in [0.2, 0.25) is 0 Å². The van der Waals surface area contributed by atoms with Crippen LogP contribution in [0, 0.1) is 19.8 Å². The molecule has 0 radical (unpaired) electrons. The lowest BCUT2D eigenvalue weighted by Gasteiger charge is -2.19. The maximum absolute atomic E-state index is 5.43. The van der Waals surface area contributed by atoms with Crippen LogP contribution >= 0.6 is 0 Å². The quantitative estimate of drug-likeness (QED) is 0.863. The molecule has 1 N–H and O–H groups in total. The summed E-state index contributed by atoms with van der Waals surface area (Å²) in [7, 11) is 0. The van der Waals surface area contributed by atoms with E-state index in [0.717, 1.165) is 19.8 Å². The second-order valence-corrected chi connectivity index (χ2v) is 5.21. The van der Waals surface area contributed by atoms with E-state index < -0.39 is 0 Å². The lowest BCUT2D eigenvalue weighted by Crippen LogP contribution is -2.33. The molecule has 2 heteroatoms. The van der Waals surface area contributed by atoms with Crippen LogP contribution in [0.5, 0.6) is 0 Å². The number of nitrogens with one attached hydrogen (secondary N) is 1. The van der Waals surface area contributed by atoms with Gasteiger partial charge in [-0.15, -0.1) is 0 Å². The van der Waals surface area contributed by atoms with Crippen LogP contribution < -0.4 is 5.32 Å². The fourth-order valence-corrected chi connectivity index (χ4v) is 2.31. The van der Waals surface area contributed by atoms with Crippen molar-refractivity contribution in [3.05, 3.63) is 34.9 Å². The molecule has 0 aromatic heterocycles. The van der Waals surface area contributed by atoms with Gasteiger partial charge in [0.05, 0.1) is 6.61 Å². The molecule has 0 spiro atoms. The topological polar surface area (TPSA) is 21.3 Å². The van der Waals surface area contributed by atoms with Crippen LogP contribution in [0.4, 0.5) is 0 Å². The van der Waals surface area contributed by atoms with E-state index in [1.54, 1.807) is 0 Å². The first-order valence-electron chi connectivity index (χ1n) is 6.54. The summed E-state index contributed by atoms with van der Waals surface area (Å²) in [4.78, 5) is 0. The van der Waals surface area contributed by atoms with Gasteiger partial charge in [-0.2, -0.15) is 0 Å². The molecular formula is C15H23NO. The summed E-state index contributed by atoms with van der Waals surface area (Å²) in [6, 6.07) is 7.24. The van der Waals surface area contributed by atoms with Crippen LogP contribution in [-0.4, -0.2) is 19.3 Å². The highest BCUT2D eigenvalue weighted by molar-refractivity contribution is 5.29. The summed E-state index contributed by atoms with van der Waals surface area (Å²) in [5.74, 6) is 0.682. The highest BCUT2D eigenvalue weighted by Gasteiger charge is 2.21. The Labute approximate surface area is 104 Å². The van der Waals surface area contributed by atoms with Gasteiger partial charge >= 0.3 is 0 Å². The molecule has 0 amide bonds. The maximum atomic E-state index is 5.43. The second-order valence-electron chi connectivity index (χ2n) is 5.21. The minimum absolute atomic E-state index is 0.541. The van der Waals surface area contributed by atoms with Crippen molar-refractivity contribution >= 4 is 0 Å². The number of hydrogen-bond acceptors (Lipinski definition) is 2. The standard InChI is InChI=1S/C15H23NO/c1-11-4-5-14(8-12(11)2)9-16-13(3)15-6-7-17-10-15/h4-5,8,13,15-16H,6-7,9-10H2,1-3H3. The van der Waals surface area contributed by atoms with Gasteiger partial charge in [0, 0.05) is 19.2 Å². The zero-order valence-electron chi connectivity index (χ0n) is 11.1. The van der Waals surface area contributed by atoms with Crippen LogP contribution in [0.3, 0.4) is 0 Å². The fourth-order valence-electron chi connectivity index (χ4n) is 2.31. The minimum Gasteiger partial charge on any atom is -0.381 e. The Morgan fingerprint density at radius 2 is 2.18 bits per heavy atom. The van der Waals surface area contributed by atoms with Gasteiger partial charge in [-0.1, -0.05) is 18.2 Å². The molecule has 2 rings (SSSR count).